The molecule has 0 atom stereocenters. The molecular weight excluding hydrogens is 396 g/mol. The van der Waals surface area contributed by atoms with Crippen molar-refractivity contribution in [3.05, 3.63) is 45.1 Å². The maximum atomic E-state index is 12.8. The Balaban J connectivity index is 1.59. The van der Waals surface area contributed by atoms with Gasteiger partial charge in [-0.1, -0.05) is 11.6 Å². The zero-order chi connectivity index (χ0) is 20.1. The van der Waals surface area contributed by atoms with Crippen LogP contribution in [0, 0.1) is 0 Å². The number of carbonyl (C=O) groups excluding carboxylic acids is 1. The Morgan fingerprint density at radius 3 is 2.21 bits per heavy atom. The molecule has 0 N–H and O–H groups in total. The molecule has 2 aliphatic carbocycles. The van der Waals surface area contributed by atoms with Crippen LogP contribution in [-0.2, 0) is 46.7 Å². The Morgan fingerprint density at radius 2 is 1.68 bits per heavy atom. The lowest BCUT2D eigenvalue weighted by Crippen LogP contribution is -2.20. The molecule has 0 unspecified atom stereocenters. The quantitative estimate of drug-likeness (QED) is 0.714. The van der Waals surface area contributed by atoms with Crippen LogP contribution in [-0.4, -0.2) is 29.7 Å². The average Bonchev–Trinajstić information content (AvgIpc) is 3.38. The minimum atomic E-state index is -3.74. The Morgan fingerprint density at radius 1 is 1.11 bits per heavy atom. The molecule has 5 nitrogen and oxygen atoms in total. The maximum Gasteiger partial charge on any atom is 0.204 e. The number of hydrogen-bond acceptors (Lipinski definition) is 4. The van der Waals surface area contributed by atoms with Gasteiger partial charge < -0.3 is 0 Å². The number of fused-ring (bicyclic) bond motifs is 2. The van der Waals surface area contributed by atoms with E-state index in [0.717, 1.165) is 49.1 Å². The van der Waals surface area contributed by atoms with E-state index >= 15 is 0 Å². The molecule has 0 radical (unpaired) electrons. The van der Waals surface area contributed by atoms with Crippen LogP contribution in [0.2, 0.25) is 5.02 Å². The molecule has 0 saturated heterocycles. The smallest absolute Gasteiger partial charge is 0.204 e. The SMILES string of the molecule is CC(C)n1ccc(S(=O)(=O)CC(=O)Cc2c3c(c(Cl)c4c2CCC4)CCC3)n1. The maximum absolute atomic E-state index is 12.8. The minimum absolute atomic E-state index is 0.0267. The molecular formula is C21H25ClN2O3S. The molecule has 1 heterocycles. The summed E-state index contributed by atoms with van der Waals surface area (Å²) in [6.07, 6.45) is 7.66. The molecule has 150 valence electrons. The zero-order valence-electron chi connectivity index (χ0n) is 16.3. The third-order valence-corrected chi connectivity index (χ3v) is 7.86. The van der Waals surface area contributed by atoms with Crippen molar-refractivity contribution < 1.29 is 13.2 Å². The number of Topliss-reactive ketones (excluding diaryl/α,β-unsaturated/α-hetero) is 1. The van der Waals surface area contributed by atoms with Gasteiger partial charge in [0.15, 0.2) is 10.8 Å². The fraction of sp³-hybridized carbons (Fsp3) is 0.524. The predicted molar refractivity (Wildman–Crippen MR) is 109 cm³/mol. The second kappa shape index (κ2) is 7.30. The van der Waals surface area contributed by atoms with Gasteiger partial charge in [0.25, 0.3) is 0 Å². The van der Waals surface area contributed by atoms with E-state index in [0.29, 0.717) is 0 Å². The van der Waals surface area contributed by atoms with Crippen LogP contribution in [0.3, 0.4) is 0 Å². The summed E-state index contributed by atoms with van der Waals surface area (Å²) >= 11 is 6.63. The Hall–Kier alpha value is -1.66. The van der Waals surface area contributed by atoms with Crippen molar-refractivity contribution in [2.45, 2.75) is 69.9 Å². The van der Waals surface area contributed by atoms with Crippen molar-refractivity contribution in [2.24, 2.45) is 0 Å². The van der Waals surface area contributed by atoms with Crippen LogP contribution in [0.25, 0.3) is 0 Å². The molecule has 0 amide bonds. The molecule has 28 heavy (non-hydrogen) atoms. The molecule has 1 aromatic carbocycles. The van der Waals surface area contributed by atoms with Crippen molar-refractivity contribution in [2.75, 3.05) is 5.75 Å². The first-order chi connectivity index (χ1) is 13.3. The lowest BCUT2D eigenvalue weighted by atomic mass is 9.91. The number of hydrogen-bond donors (Lipinski definition) is 0. The van der Waals surface area contributed by atoms with E-state index < -0.39 is 15.6 Å². The molecule has 2 aliphatic rings. The lowest BCUT2D eigenvalue weighted by molar-refractivity contribution is -0.116. The first-order valence-corrected chi connectivity index (χ1v) is 11.9. The van der Waals surface area contributed by atoms with Crippen molar-refractivity contribution >= 4 is 27.2 Å². The van der Waals surface area contributed by atoms with Crippen LogP contribution in [0.5, 0.6) is 0 Å². The molecule has 0 spiro atoms. The molecule has 0 fully saturated rings. The Kier molecular flexibility index (Phi) is 5.12. The third kappa shape index (κ3) is 3.41. The molecule has 0 saturated carbocycles. The first-order valence-electron chi connectivity index (χ1n) is 9.91. The van der Waals surface area contributed by atoms with E-state index in [-0.39, 0.29) is 23.3 Å². The first kappa shape index (κ1) is 19.6. The van der Waals surface area contributed by atoms with Crippen LogP contribution in [0.1, 0.15) is 60.5 Å². The van der Waals surface area contributed by atoms with E-state index in [1.54, 1.807) is 10.9 Å². The van der Waals surface area contributed by atoms with Gasteiger partial charge in [0, 0.05) is 23.7 Å². The molecule has 4 rings (SSSR count). The molecule has 7 heteroatoms. The van der Waals surface area contributed by atoms with Crippen LogP contribution < -0.4 is 0 Å². The summed E-state index contributed by atoms with van der Waals surface area (Å²) in [6.45, 7) is 3.85. The summed E-state index contributed by atoms with van der Waals surface area (Å²) in [7, 11) is -3.74. The van der Waals surface area contributed by atoms with Crippen molar-refractivity contribution in [1.82, 2.24) is 9.78 Å². The van der Waals surface area contributed by atoms with Crippen molar-refractivity contribution in [3.8, 4) is 0 Å². The van der Waals surface area contributed by atoms with E-state index in [9.17, 15) is 13.2 Å². The summed E-state index contributed by atoms with van der Waals surface area (Å²) in [5.74, 6) is -0.779. The van der Waals surface area contributed by atoms with E-state index in [4.69, 9.17) is 11.6 Å². The number of ketones is 1. The standard InChI is InChI=1S/C21H25ClN2O3S/c1-13(2)24-10-9-20(23-24)28(26,27)12-14(25)11-19-15-5-3-7-17(15)21(22)18-8-4-6-16(18)19/h9-10,13H,3-8,11-12H2,1-2H3. The fourth-order valence-electron chi connectivity index (χ4n) is 4.52. The zero-order valence-corrected chi connectivity index (χ0v) is 17.9. The minimum Gasteiger partial charge on any atom is -0.298 e. The van der Waals surface area contributed by atoms with Crippen molar-refractivity contribution in [1.29, 1.82) is 0 Å². The van der Waals surface area contributed by atoms with Gasteiger partial charge in [0.2, 0.25) is 9.84 Å². The van der Waals surface area contributed by atoms with Crippen LogP contribution in [0.4, 0.5) is 0 Å². The van der Waals surface area contributed by atoms with Crippen LogP contribution in [0.15, 0.2) is 17.3 Å². The number of rotatable bonds is 6. The largest absolute Gasteiger partial charge is 0.298 e. The van der Waals surface area contributed by atoms with Crippen LogP contribution >= 0.6 is 11.6 Å². The molecule has 0 bridgehead atoms. The van der Waals surface area contributed by atoms with E-state index in [1.165, 1.54) is 28.3 Å². The van der Waals surface area contributed by atoms with Gasteiger partial charge in [-0.15, -0.1) is 0 Å². The summed E-state index contributed by atoms with van der Waals surface area (Å²) in [6, 6.07) is 1.54. The lowest BCUT2D eigenvalue weighted by Gasteiger charge is -2.16. The average molecular weight is 421 g/mol. The van der Waals surface area contributed by atoms with Gasteiger partial charge >= 0.3 is 0 Å². The van der Waals surface area contributed by atoms with Gasteiger partial charge in [-0.25, -0.2) is 8.42 Å². The van der Waals surface area contributed by atoms with Gasteiger partial charge in [-0.05, 0) is 86.3 Å². The number of halogens is 1. The summed E-state index contributed by atoms with van der Waals surface area (Å²) < 4.78 is 26.9. The van der Waals surface area contributed by atoms with Gasteiger partial charge in [-0.3, -0.25) is 9.48 Å². The van der Waals surface area contributed by atoms with E-state index in [1.807, 2.05) is 13.8 Å². The molecule has 1 aromatic heterocycles. The number of carbonyl (C=O) groups is 1. The molecule has 2 aromatic rings. The second-order valence-corrected chi connectivity index (χ2v) is 10.4. The number of sulfone groups is 1. The topological polar surface area (TPSA) is 69.0 Å². The highest BCUT2D eigenvalue weighted by Crippen LogP contribution is 2.41. The Labute approximate surface area is 171 Å². The van der Waals surface area contributed by atoms with Crippen molar-refractivity contribution in [3.63, 3.8) is 0 Å². The molecule has 0 aliphatic heterocycles. The summed E-state index contributed by atoms with van der Waals surface area (Å²) in [5, 5.41) is 4.99. The fourth-order valence-corrected chi connectivity index (χ4v) is 6.10. The number of aromatic nitrogens is 2. The number of benzene rings is 1. The number of nitrogens with zero attached hydrogens (tertiary/aromatic N) is 2. The summed E-state index contributed by atoms with van der Waals surface area (Å²) in [4.78, 5) is 12.8. The van der Waals surface area contributed by atoms with Gasteiger partial charge in [-0.2, -0.15) is 5.10 Å². The van der Waals surface area contributed by atoms with Gasteiger partial charge in [0.05, 0.1) is 0 Å². The van der Waals surface area contributed by atoms with Gasteiger partial charge in [0.1, 0.15) is 5.75 Å². The Bertz CT molecular complexity index is 1020. The third-order valence-electron chi connectivity index (χ3n) is 5.85. The highest BCUT2D eigenvalue weighted by atomic mass is 35.5. The van der Waals surface area contributed by atoms with E-state index in [2.05, 4.69) is 5.10 Å². The highest BCUT2D eigenvalue weighted by molar-refractivity contribution is 7.92. The second-order valence-electron chi connectivity index (χ2n) is 8.12. The summed E-state index contributed by atoms with van der Waals surface area (Å²) in [5.41, 5.74) is 5.81. The highest BCUT2D eigenvalue weighted by Gasteiger charge is 2.30. The normalized spacial score (nSPS) is 15.9. The monoisotopic (exact) mass is 420 g/mol. The predicted octanol–water partition coefficient (Wildman–Crippen LogP) is 3.68.